The third-order valence-electron chi connectivity index (χ3n) is 4.45. The second-order valence-corrected chi connectivity index (χ2v) is 8.87. The molecular formula is C18H17N3O2S3. The monoisotopic (exact) mass is 403 g/mol. The van der Waals surface area contributed by atoms with Crippen molar-refractivity contribution in [3.05, 3.63) is 55.4 Å². The Morgan fingerprint density at radius 3 is 2.96 bits per heavy atom. The summed E-state index contributed by atoms with van der Waals surface area (Å²) in [7, 11) is 0. The topological polar surface area (TPSA) is 62.3 Å². The number of aromatic nitrogens is 1. The SMILES string of the molecule is C[C@@H]1c2ccsc2CCN1C(=O)Cc1csc(NC(=O)c2cccs2)n1. The van der Waals surface area contributed by atoms with Gasteiger partial charge >= 0.3 is 0 Å². The van der Waals surface area contributed by atoms with Crippen LogP contribution in [0.25, 0.3) is 0 Å². The first-order valence-electron chi connectivity index (χ1n) is 8.27. The van der Waals surface area contributed by atoms with Crippen molar-refractivity contribution in [3.63, 3.8) is 0 Å². The lowest BCUT2D eigenvalue weighted by atomic mass is 10.0. The number of hydrogen-bond donors (Lipinski definition) is 1. The van der Waals surface area contributed by atoms with Gasteiger partial charge in [-0.15, -0.1) is 34.0 Å². The number of anilines is 1. The van der Waals surface area contributed by atoms with Gasteiger partial charge in [0.15, 0.2) is 5.13 Å². The minimum Gasteiger partial charge on any atom is -0.335 e. The van der Waals surface area contributed by atoms with Gasteiger partial charge in [-0.2, -0.15) is 0 Å². The number of rotatable bonds is 4. The molecule has 0 saturated heterocycles. The first-order valence-corrected chi connectivity index (χ1v) is 10.9. The molecule has 1 aliphatic rings. The van der Waals surface area contributed by atoms with Crippen LogP contribution in [0.15, 0.2) is 34.3 Å². The van der Waals surface area contributed by atoms with E-state index in [9.17, 15) is 9.59 Å². The summed E-state index contributed by atoms with van der Waals surface area (Å²) in [4.78, 5) is 33.2. The van der Waals surface area contributed by atoms with E-state index < -0.39 is 0 Å². The van der Waals surface area contributed by atoms with Crippen LogP contribution < -0.4 is 5.32 Å². The molecule has 4 rings (SSSR count). The lowest BCUT2D eigenvalue weighted by Gasteiger charge is -2.33. The third kappa shape index (κ3) is 3.44. The Kier molecular flexibility index (Phi) is 4.88. The second-order valence-electron chi connectivity index (χ2n) is 6.06. The van der Waals surface area contributed by atoms with Crippen molar-refractivity contribution >= 4 is 51.0 Å². The van der Waals surface area contributed by atoms with Crippen LogP contribution in [0.1, 0.15) is 38.8 Å². The molecular weight excluding hydrogens is 386 g/mol. The van der Waals surface area contributed by atoms with Gasteiger partial charge in [0, 0.05) is 16.8 Å². The van der Waals surface area contributed by atoms with Crippen molar-refractivity contribution in [1.82, 2.24) is 9.88 Å². The molecule has 134 valence electrons. The van der Waals surface area contributed by atoms with Gasteiger partial charge in [0.2, 0.25) is 5.91 Å². The van der Waals surface area contributed by atoms with E-state index in [1.54, 1.807) is 17.4 Å². The highest BCUT2D eigenvalue weighted by atomic mass is 32.1. The molecule has 8 heteroatoms. The molecule has 26 heavy (non-hydrogen) atoms. The van der Waals surface area contributed by atoms with Crippen molar-refractivity contribution in [3.8, 4) is 0 Å². The zero-order valence-electron chi connectivity index (χ0n) is 14.1. The number of amides is 2. The number of fused-ring (bicyclic) bond motifs is 1. The minimum atomic E-state index is -0.165. The summed E-state index contributed by atoms with van der Waals surface area (Å²) in [6, 6.07) is 5.83. The van der Waals surface area contributed by atoms with Gasteiger partial charge in [-0.3, -0.25) is 14.9 Å². The predicted octanol–water partition coefficient (Wildman–Crippen LogP) is 4.21. The van der Waals surface area contributed by atoms with Crippen LogP contribution in [0.4, 0.5) is 5.13 Å². The molecule has 3 aromatic heterocycles. The van der Waals surface area contributed by atoms with E-state index in [0.717, 1.165) is 13.0 Å². The Balaban J connectivity index is 1.40. The summed E-state index contributed by atoms with van der Waals surface area (Å²) >= 11 is 4.50. The highest BCUT2D eigenvalue weighted by Crippen LogP contribution is 2.33. The van der Waals surface area contributed by atoms with E-state index in [0.29, 0.717) is 15.7 Å². The number of thiophene rings is 2. The average Bonchev–Trinajstić information content (AvgIpc) is 3.37. The van der Waals surface area contributed by atoms with Gasteiger partial charge in [0.25, 0.3) is 5.91 Å². The normalized spacial score (nSPS) is 16.3. The number of nitrogens with zero attached hydrogens (tertiary/aromatic N) is 2. The Morgan fingerprint density at radius 2 is 2.15 bits per heavy atom. The Hall–Kier alpha value is -2.03. The van der Waals surface area contributed by atoms with Gasteiger partial charge in [-0.25, -0.2) is 4.98 Å². The maximum atomic E-state index is 12.7. The summed E-state index contributed by atoms with van der Waals surface area (Å²) in [5.41, 5.74) is 1.96. The molecule has 0 aromatic carbocycles. The second kappa shape index (κ2) is 7.30. The fraction of sp³-hybridized carbons (Fsp3) is 0.278. The maximum absolute atomic E-state index is 12.7. The van der Waals surface area contributed by atoms with Crippen LogP contribution in [0, 0.1) is 0 Å². The lowest BCUT2D eigenvalue weighted by Crippen LogP contribution is -2.39. The van der Waals surface area contributed by atoms with E-state index in [2.05, 4.69) is 28.7 Å². The molecule has 2 amide bonds. The summed E-state index contributed by atoms with van der Waals surface area (Å²) < 4.78 is 0. The maximum Gasteiger partial charge on any atom is 0.267 e. The van der Waals surface area contributed by atoms with E-state index in [4.69, 9.17) is 0 Å². The average molecular weight is 404 g/mol. The Morgan fingerprint density at radius 1 is 1.27 bits per heavy atom. The zero-order valence-corrected chi connectivity index (χ0v) is 16.5. The molecule has 3 aromatic rings. The van der Waals surface area contributed by atoms with E-state index >= 15 is 0 Å². The Labute approximate surface area is 163 Å². The van der Waals surface area contributed by atoms with Crippen molar-refractivity contribution in [2.75, 3.05) is 11.9 Å². The van der Waals surface area contributed by atoms with E-state index in [-0.39, 0.29) is 24.3 Å². The standard InChI is InChI=1S/C18H17N3O2S3/c1-11-13-5-8-25-14(13)4-6-21(11)16(22)9-12-10-26-18(19-12)20-17(23)15-3-2-7-24-15/h2-3,5,7-8,10-11H,4,6,9H2,1H3,(H,19,20,23)/t11-/m1/s1. The molecule has 1 atom stereocenters. The van der Waals surface area contributed by atoms with Gasteiger partial charge in [-0.05, 0) is 41.8 Å². The minimum absolute atomic E-state index is 0.0794. The molecule has 5 nitrogen and oxygen atoms in total. The van der Waals surface area contributed by atoms with Crippen molar-refractivity contribution in [2.45, 2.75) is 25.8 Å². The lowest BCUT2D eigenvalue weighted by molar-refractivity contribution is -0.133. The fourth-order valence-electron chi connectivity index (χ4n) is 3.12. The van der Waals surface area contributed by atoms with Crippen LogP contribution in [0.5, 0.6) is 0 Å². The summed E-state index contributed by atoms with van der Waals surface area (Å²) in [6.07, 6.45) is 1.18. The molecule has 0 fully saturated rings. The first-order chi connectivity index (χ1) is 12.6. The van der Waals surface area contributed by atoms with Crippen molar-refractivity contribution < 1.29 is 9.59 Å². The van der Waals surface area contributed by atoms with Crippen LogP contribution >= 0.6 is 34.0 Å². The summed E-state index contributed by atoms with van der Waals surface area (Å²) in [6.45, 7) is 2.83. The molecule has 0 aliphatic carbocycles. The highest BCUT2D eigenvalue weighted by molar-refractivity contribution is 7.14. The molecule has 0 spiro atoms. The number of thiazole rings is 1. The molecule has 0 bridgehead atoms. The predicted molar refractivity (Wildman–Crippen MR) is 106 cm³/mol. The zero-order chi connectivity index (χ0) is 18.1. The van der Waals surface area contributed by atoms with Crippen LogP contribution in [-0.2, 0) is 17.6 Å². The van der Waals surface area contributed by atoms with Crippen LogP contribution in [0.2, 0.25) is 0 Å². The fourth-order valence-corrected chi connectivity index (χ4v) is 5.41. The van der Waals surface area contributed by atoms with Gasteiger partial charge < -0.3 is 4.90 Å². The molecule has 0 saturated carbocycles. The highest BCUT2D eigenvalue weighted by Gasteiger charge is 2.28. The van der Waals surface area contributed by atoms with Crippen molar-refractivity contribution in [2.24, 2.45) is 0 Å². The first kappa shape index (κ1) is 17.4. The smallest absolute Gasteiger partial charge is 0.267 e. The molecule has 0 unspecified atom stereocenters. The molecule has 1 aliphatic heterocycles. The Bertz CT molecular complexity index is 929. The number of carbonyl (C=O) groups is 2. The largest absolute Gasteiger partial charge is 0.335 e. The molecule has 1 N–H and O–H groups in total. The van der Waals surface area contributed by atoms with Gasteiger partial charge in [-0.1, -0.05) is 6.07 Å². The quantitative estimate of drug-likeness (QED) is 0.710. The number of carbonyl (C=O) groups excluding carboxylic acids is 2. The summed E-state index contributed by atoms with van der Waals surface area (Å²) in [5, 5.41) is 9.11. The third-order valence-corrected chi connectivity index (χ3v) is 7.12. The van der Waals surface area contributed by atoms with E-state index in [1.165, 1.54) is 33.1 Å². The van der Waals surface area contributed by atoms with Gasteiger partial charge in [0.1, 0.15) is 0 Å². The van der Waals surface area contributed by atoms with Crippen molar-refractivity contribution in [1.29, 1.82) is 0 Å². The van der Waals surface area contributed by atoms with Crippen LogP contribution in [-0.4, -0.2) is 28.2 Å². The molecule has 0 radical (unpaired) electrons. The van der Waals surface area contributed by atoms with Crippen LogP contribution in [0.3, 0.4) is 0 Å². The summed E-state index contributed by atoms with van der Waals surface area (Å²) in [5.74, 6) is -0.0855. The van der Waals surface area contributed by atoms with Gasteiger partial charge in [0.05, 0.1) is 23.0 Å². The number of nitrogens with one attached hydrogen (secondary N) is 1. The molecule has 4 heterocycles. The number of hydrogen-bond acceptors (Lipinski definition) is 6. The van der Waals surface area contributed by atoms with E-state index in [1.807, 2.05) is 21.7 Å².